The SMILES string of the molecule is N=C(/C=C/c1cccs1)c1cc(N)c(F)cc1N. The molecule has 0 aliphatic carbocycles. The molecule has 0 bridgehead atoms. The second-order valence-corrected chi connectivity index (χ2v) is 4.70. The minimum atomic E-state index is -0.564. The molecule has 0 spiro atoms. The first-order valence-electron chi connectivity index (χ1n) is 5.23. The van der Waals surface area contributed by atoms with E-state index in [-0.39, 0.29) is 17.1 Å². The van der Waals surface area contributed by atoms with Gasteiger partial charge in [-0.3, -0.25) is 0 Å². The number of nitrogens with two attached hydrogens (primary N) is 2. The Labute approximate surface area is 108 Å². The van der Waals surface area contributed by atoms with Gasteiger partial charge in [0, 0.05) is 16.1 Å². The fraction of sp³-hybridized carbons (Fsp3) is 0. The highest BCUT2D eigenvalue weighted by molar-refractivity contribution is 7.10. The molecule has 1 aromatic carbocycles. The molecule has 0 aliphatic heterocycles. The van der Waals surface area contributed by atoms with Crippen LogP contribution in [0.2, 0.25) is 0 Å². The van der Waals surface area contributed by atoms with Crippen molar-refractivity contribution in [2.75, 3.05) is 11.5 Å². The summed E-state index contributed by atoms with van der Waals surface area (Å²) in [6.07, 6.45) is 3.43. The summed E-state index contributed by atoms with van der Waals surface area (Å²) in [6.45, 7) is 0. The number of benzene rings is 1. The third-order valence-electron chi connectivity index (χ3n) is 2.42. The number of rotatable bonds is 3. The molecule has 1 heterocycles. The van der Waals surface area contributed by atoms with E-state index >= 15 is 0 Å². The first-order valence-corrected chi connectivity index (χ1v) is 6.11. The first kappa shape index (κ1) is 12.3. The molecule has 0 radical (unpaired) electrons. The topological polar surface area (TPSA) is 75.9 Å². The average molecular weight is 261 g/mol. The normalized spacial score (nSPS) is 10.9. The summed E-state index contributed by atoms with van der Waals surface area (Å²) in [5.41, 5.74) is 12.0. The third kappa shape index (κ3) is 2.57. The van der Waals surface area contributed by atoms with Crippen molar-refractivity contribution in [3.05, 3.63) is 52.0 Å². The van der Waals surface area contributed by atoms with E-state index in [0.717, 1.165) is 10.9 Å². The molecular formula is C13H12FN3S. The van der Waals surface area contributed by atoms with Crippen LogP contribution in [0.25, 0.3) is 6.08 Å². The Balaban J connectivity index is 2.27. The van der Waals surface area contributed by atoms with E-state index in [9.17, 15) is 4.39 Å². The van der Waals surface area contributed by atoms with Crippen LogP contribution >= 0.6 is 11.3 Å². The smallest absolute Gasteiger partial charge is 0.148 e. The maximum atomic E-state index is 13.1. The molecule has 1 aromatic heterocycles. The largest absolute Gasteiger partial charge is 0.398 e. The van der Waals surface area contributed by atoms with Crippen molar-refractivity contribution in [1.82, 2.24) is 0 Å². The summed E-state index contributed by atoms with van der Waals surface area (Å²) < 4.78 is 13.1. The Morgan fingerprint density at radius 2 is 2.06 bits per heavy atom. The van der Waals surface area contributed by atoms with Crippen LogP contribution in [0.15, 0.2) is 35.7 Å². The summed E-state index contributed by atoms with van der Waals surface area (Å²) in [6, 6.07) is 6.39. The molecule has 0 unspecified atom stereocenters. The number of allylic oxidation sites excluding steroid dienone is 1. The molecule has 0 fully saturated rings. The highest BCUT2D eigenvalue weighted by Gasteiger charge is 2.08. The molecule has 2 aromatic rings. The van der Waals surface area contributed by atoms with Gasteiger partial charge < -0.3 is 16.9 Å². The Morgan fingerprint density at radius 1 is 1.28 bits per heavy atom. The standard InChI is InChI=1S/C13H12FN3S/c14-10-7-12(16)9(6-13(10)17)11(15)4-3-8-2-1-5-18-8/h1-7,15H,16-17H2/b4-3+,15-11?. The van der Waals surface area contributed by atoms with Crippen LogP contribution in [-0.4, -0.2) is 5.71 Å². The maximum absolute atomic E-state index is 13.1. The molecule has 0 atom stereocenters. The van der Waals surface area contributed by atoms with Crippen LogP contribution in [-0.2, 0) is 0 Å². The van der Waals surface area contributed by atoms with E-state index in [1.54, 1.807) is 17.4 Å². The molecule has 5 N–H and O–H groups in total. The van der Waals surface area contributed by atoms with Crippen molar-refractivity contribution < 1.29 is 4.39 Å². The summed E-state index contributed by atoms with van der Waals surface area (Å²) in [5, 5.41) is 9.85. The molecule has 5 heteroatoms. The van der Waals surface area contributed by atoms with Crippen LogP contribution in [0, 0.1) is 11.2 Å². The van der Waals surface area contributed by atoms with Crippen LogP contribution in [0.4, 0.5) is 15.8 Å². The second-order valence-electron chi connectivity index (χ2n) is 3.72. The van der Waals surface area contributed by atoms with Gasteiger partial charge in [0.1, 0.15) is 5.82 Å². The molecule has 0 saturated heterocycles. The first-order chi connectivity index (χ1) is 8.58. The second kappa shape index (κ2) is 5.01. The third-order valence-corrected chi connectivity index (χ3v) is 3.25. The number of hydrogen-bond acceptors (Lipinski definition) is 4. The number of thiophene rings is 1. The Bertz CT molecular complexity index is 603. The van der Waals surface area contributed by atoms with Gasteiger partial charge in [-0.05, 0) is 35.7 Å². The van der Waals surface area contributed by atoms with Crippen molar-refractivity contribution in [2.45, 2.75) is 0 Å². The van der Waals surface area contributed by atoms with Gasteiger partial charge in [0.2, 0.25) is 0 Å². The fourth-order valence-electron chi connectivity index (χ4n) is 1.48. The summed E-state index contributed by atoms with van der Waals surface area (Å²) in [7, 11) is 0. The number of nitrogens with one attached hydrogen (secondary N) is 1. The van der Waals surface area contributed by atoms with E-state index in [1.807, 2.05) is 23.6 Å². The van der Waals surface area contributed by atoms with E-state index in [2.05, 4.69) is 0 Å². The lowest BCUT2D eigenvalue weighted by Gasteiger charge is -2.06. The van der Waals surface area contributed by atoms with Crippen LogP contribution in [0.5, 0.6) is 0 Å². The van der Waals surface area contributed by atoms with Crippen molar-refractivity contribution >= 4 is 34.5 Å². The predicted molar refractivity (Wildman–Crippen MR) is 75.4 cm³/mol. The van der Waals surface area contributed by atoms with E-state index in [0.29, 0.717) is 5.56 Å². The Morgan fingerprint density at radius 3 is 2.72 bits per heavy atom. The highest BCUT2D eigenvalue weighted by Crippen LogP contribution is 2.21. The van der Waals surface area contributed by atoms with Gasteiger partial charge >= 0.3 is 0 Å². The lowest BCUT2D eigenvalue weighted by Crippen LogP contribution is -2.04. The summed E-state index contributed by atoms with van der Waals surface area (Å²) in [4.78, 5) is 1.04. The predicted octanol–water partition coefficient (Wildman–Crippen LogP) is 3.13. The van der Waals surface area contributed by atoms with Crippen LogP contribution in [0.3, 0.4) is 0 Å². The number of nitrogen functional groups attached to an aromatic ring is 2. The molecule has 18 heavy (non-hydrogen) atoms. The number of halogens is 1. The zero-order valence-corrected chi connectivity index (χ0v) is 10.3. The molecule has 92 valence electrons. The summed E-state index contributed by atoms with van der Waals surface area (Å²) >= 11 is 1.57. The van der Waals surface area contributed by atoms with Gasteiger partial charge in [0.15, 0.2) is 0 Å². The number of hydrogen-bond donors (Lipinski definition) is 3. The molecule has 0 amide bonds. The minimum absolute atomic E-state index is 0.00604. The lowest BCUT2D eigenvalue weighted by atomic mass is 10.1. The van der Waals surface area contributed by atoms with Crippen molar-refractivity contribution in [3.63, 3.8) is 0 Å². The van der Waals surface area contributed by atoms with Gasteiger partial charge in [-0.25, -0.2) is 4.39 Å². The van der Waals surface area contributed by atoms with Crippen molar-refractivity contribution in [1.29, 1.82) is 5.41 Å². The lowest BCUT2D eigenvalue weighted by molar-refractivity contribution is 0.633. The zero-order chi connectivity index (χ0) is 13.1. The molecule has 0 saturated carbocycles. The van der Waals surface area contributed by atoms with E-state index in [1.165, 1.54) is 6.07 Å². The molecule has 3 nitrogen and oxygen atoms in total. The number of anilines is 2. The van der Waals surface area contributed by atoms with Crippen LogP contribution < -0.4 is 11.5 Å². The quantitative estimate of drug-likeness (QED) is 0.586. The van der Waals surface area contributed by atoms with Crippen LogP contribution in [0.1, 0.15) is 10.4 Å². The Hall–Kier alpha value is -2.14. The fourth-order valence-corrected chi connectivity index (χ4v) is 2.10. The van der Waals surface area contributed by atoms with E-state index < -0.39 is 5.82 Å². The molecule has 0 aliphatic rings. The minimum Gasteiger partial charge on any atom is -0.398 e. The average Bonchev–Trinajstić information content (AvgIpc) is 2.84. The monoisotopic (exact) mass is 261 g/mol. The van der Waals surface area contributed by atoms with Crippen molar-refractivity contribution in [3.8, 4) is 0 Å². The Kier molecular flexibility index (Phi) is 3.43. The van der Waals surface area contributed by atoms with Gasteiger partial charge in [-0.15, -0.1) is 11.3 Å². The highest BCUT2D eigenvalue weighted by atomic mass is 32.1. The molecule has 2 rings (SSSR count). The van der Waals surface area contributed by atoms with E-state index in [4.69, 9.17) is 16.9 Å². The van der Waals surface area contributed by atoms with Gasteiger partial charge in [0.25, 0.3) is 0 Å². The summed E-state index contributed by atoms with van der Waals surface area (Å²) in [5.74, 6) is -0.564. The molecular weight excluding hydrogens is 249 g/mol. The van der Waals surface area contributed by atoms with Crippen molar-refractivity contribution in [2.24, 2.45) is 0 Å². The maximum Gasteiger partial charge on any atom is 0.148 e. The van der Waals surface area contributed by atoms with Gasteiger partial charge in [0.05, 0.1) is 11.4 Å². The van der Waals surface area contributed by atoms with Gasteiger partial charge in [-0.1, -0.05) is 6.07 Å². The van der Waals surface area contributed by atoms with Gasteiger partial charge in [-0.2, -0.15) is 0 Å². The zero-order valence-electron chi connectivity index (χ0n) is 9.48.